The molecule has 10 nitrogen and oxygen atoms in total. The quantitative estimate of drug-likeness (QED) is 0.234. The minimum Gasteiger partial charge on any atom is -0.481 e. The summed E-state index contributed by atoms with van der Waals surface area (Å²) in [6.07, 6.45) is -1.24. The molecule has 6 N–H and O–H groups in total. The third-order valence-electron chi connectivity index (χ3n) is 2.26. The van der Waals surface area contributed by atoms with Crippen molar-refractivity contribution in [1.29, 1.82) is 0 Å². The third kappa shape index (κ3) is 8.00. The van der Waals surface area contributed by atoms with Gasteiger partial charge in [-0.05, 0) is 0 Å². The molecule has 0 aliphatic rings. The van der Waals surface area contributed by atoms with Crippen LogP contribution in [0.5, 0.6) is 0 Å². The topological polar surface area (TPSA) is 173 Å². The van der Waals surface area contributed by atoms with Crippen molar-refractivity contribution in [3.05, 3.63) is 0 Å². The van der Waals surface area contributed by atoms with Crippen molar-refractivity contribution in [2.24, 2.45) is 0 Å². The summed E-state index contributed by atoms with van der Waals surface area (Å²) >= 11 is 0. The van der Waals surface area contributed by atoms with Gasteiger partial charge in [0, 0.05) is 13.1 Å². The second-order valence-electron chi connectivity index (χ2n) is 3.89. The molecule has 0 aromatic heterocycles. The lowest BCUT2D eigenvalue weighted by atomic mass is 10.2. The lowest BCUT2D eigenvalue weighted by molar-refractivity contribution is -0.146. The average molecular weight is 292 g/mol. The molecule has 2 atom stereocenters. The second-order valence-corrected chi connectivity index (χ2v) is 3.89. The van der Waals surface area contributed by atoms with E-state index in [1.165, 1.54) is 0 Å². The summed E-state index contributed by atoms with van der Waals surface area (Å²) < 4.78 is 0. The highest BCUT2D eigenvalue weighted by molar-refractivity contribution is 5.81. The van der Waals surface area contributed by atoms with Crippen molar-refractivity contribution in [1.82, 2.24) is 10.6 Å². The fourth-order valence-electron chi connectivity index (χ4n) is 1.34. The first-order chi connectivity index (χ1) is 9.23. The molecule has 0 saturated carbocycles. The average Bonchev–Trinajstić information content (AvgIpc) is 2.29. The Balaban J connectivity index is 4.13. The van der Waals surface area contributed by atoms with Gasteiger partial charge in [-0.1, -0.05) is 0 Å². The highest BCUT2D eigenvalue weighted by Crippen LogP contribution is 1.94. The maximum absolute atomic E-state index is 10.7. The van der Waals surface area contributed by atoms with Gasteiger partial charge in [-0.3, -0.25) is 19.2 Å². The van der Waals surface area contributed by atoms with Gasteiger partial charge in [-0.25, -0.2) is 0 Å². The molecule has 20 heavy (non-hydrogen) atoms. The molecular formula is C10H16N2O8. The van der Waals surface area contributed by atoms with Crippen LogP contribution in [-0.4, -0.2) is 69.5 Å². The molecule has 0 aliphatic heterocycles. The van der Waals surface area contributed by atoms with Crippen molar-refractivity contribution in [2.75, 3.05) is 13.1 Å². The summed E-state index contributed by atoms with van der Waals surface area (Å²) in [5.41, 5.74) is 0. The SMILES string of the molecule is O=C(O)C[C@H](NCCN[C@@H](CC(=O)O)C(=O)O)C(=O)O. The van der Waals surface area contributed by atoms with Gasteiger partial charge < -0.3 is 31.1 Å². The molecule has 0 saturated heterocycles. The highest BCUT2D eigenvalue weighted by Gasteiger charge is 2.22. The minimum atomic E-state index is -1.34. The van der Waals surface area contributed by atoms with Gasteiger partial charge in [0.2, 0.25) is 0 Å². The fourth-order valence-corrected chi connectivity index (χ4v) is 1.34. The third-order valence-corrected chi connectivity index (χ3v) is 2.26. The largest absolute Gasteiger partial charge is 0.481 e. The van der Waals surface area contributed by atoms with Gasteiger partial charge >= 0.3 is 23.9 Å². The van der Waals surface area contributed by atoms with Crippen LogP contribution in [-0.2, 0) is 19.2 Å². The lowest BCUT2D eigenvalue weighted by Gasteiger charge is -2.15. The maximum Gasteiger partial charge on any atom is 0.321 e. The summed E-state index contributed by atoms with van der Waals surface area (Å²) in [5.74, 6) is -5.25. The van der Waals surface area contributed by atoms with E-state index in [-0.39, 0.29) is 13.1 Å². The summed E-state index contributed by atoms with van der Waals surface area (Å²) in [6, 6.07) is -2.59. The zero-order valence-corrected chi connectivity index (χ0v) is 10.4. The summed E-state index contributed by atoms with van der Waals surface area (Å²) in [5, 5.41) is 39.2. The molecular weight excluding hydrogens is 276 g/mol. The molecule has 0 heterocycles. The first-order valence-electron chi connectivity index (χ1n) is 5.60. The molecule has 0 aromatic carbocycles. The van der Waals surface area contributed by atoms with E-state index < -0.39 is 48.8 Å². The zero-order chi connectivity index (χ0) is 15.7. The lowest BCUT2D eigenvalue weighted by Crippen LogP contribution is -2.45. The monoisotopic (exact) mass is 292 g/mol. The van der Waals surface area contributed by atoms with E-state index in [9.17, 15) is 19.2 Å². The highest BCUT2D eigenvalue weighted by atomic mass is 16.4. The van der Waals surface area contributed by atoms with Crippen LogP contribution in [0, 0.1) is 0 Å². The van der Waals surface area contributed by atoms with Crippen molar-refractivity contribution in [2.45, 2.75) is 24.9 Å². The molecule has 0 unspecified atom stereocenters. The van der Waals surface area contributed by atoms with Crippen LogP contribution >= 0.6 is 0 Å². The van der Waals surface area contributed by atoms with E-state index in [1.54, 1.807) is 0 Å². The van der Waals surface area contributed by atoms with E-state index in [2.05, 4.69) is 10.6 Å². The van der Waals surface area contributed by atoms with Gasteiger partial charge in [-0.2, -0.15) is 0 Å². The van der Waals surface area contributed by atoms with Crippen LogP contribution < -0.4 is 10.6 Å². The molecule has 0 fully saturated rings. The Bertz CT molecular complexity index is 347. The van der Waals surface area contributed by atoms with Crippen LogP contribution in [0.25, 0.3) is 0 Å². The number of rotatable bonds is 11. The first kappa shape index (κ1) is 17.8. The molecule has 0 amide bonds. The van der Waals surface area contributed by atoms with Crippen LogP contribution in [0.1, 0.15) is 12.8 Å². The minimum absolute atomic E-state index is 0.0202. The Morgan fingerprint density at radius 1 is 0.700 bits per heavy atom. The summed E-state index contributed by atoms with van der Waals surface area (Å²) in [6.45, 7) is -0.0404. The number of hydrogen-bond donors (Lipinski definition) is 6. The van der Waals surface area contributed by atoms with Gasteiger partial charge in [0.05, 0.1) is 12.8 Å². The summed E-state index contributed by atoms with van der Waals surface area (Å²) in [7, 11) is 0. The van der Waals surface area contributed by atoms with E-state index >= 15 is 0 Å². The Morgan fingerprint density at radius 2 is 1.00 bits per heavy atom. The molecule has 0 rings (SSSR count). The van der Waals surface area contributed by atoms with E-state index in [1.807, 2.05) is 0 Å². The molecule has 0 radical (unpaired) electrons. The standard InChI is InChI=1S/C10H16N2O8/c13-7(14)3-5(9(17)18)11-1-2-12-6(10(19)20)4-8(15)16/h5-6,11-12H,1-4H2,(H,13,14)(H,15,16)(H,17,18)(H,19,20)/t5-,6-/m0/s1. The summed E-state index contributed by atoms with van der Waals surface area (Å²) in [4.78, 5) is 42.2. The van der Waals surface area contributed by atoms with Crippen molar-refractivity contribution < 1.29 is 39.6 Å². The van der Waals surface area contributed by atoms with Crippen LogP contribution in [0.15, 0.2) is 0 Å². The number of aliphatic carboxylic acids is 4. The first-order valence-corrected chi connectivity index (χ1v) is 5.60. The van der Waals surface area contributed by atoms with Gasteiger partial charge in [0.15, 0.2) is 0 Å². The van der Waals surface area contributed by atoms with Crippen molar-refractivity contribution in [3.63, 3.8) is 0 Å². The van der Waals surface area contributed by atoms with Gasteiger partial charge in [0.1, 0.15) is 12.1 Å². The normalized spacial score (nSPS) is 13.4. The Labute approximate surface area is 113 Å². The van der Waals surface area contributed by atoms with Crippen LogP contribution in [0.4, 0.5) is 0 Å². The fraction of sp³-hybridized carbons (Fsp3) is 0.600. The molecule has 0 bridgehead atoms. The number of carboxylic acids is 4. The maximum atomic E-state index is 10.7. The predicted molar refractivity (Wildman–Crippen MR) is 63.4 cm³/mol. The Hall–Kier alpha value is -2.20. The van der Waals surface area contributed by atoms with Crippen LogP contribution in [0.2, 0.25) is 0 Å². The predicted octanol–water partition coefficient (Wildman–Crippen LogP) is -1.98. The Morgan fingerprint density at radius 3 is 1.20 bits per heavy atom. The smallest absolute Gasteiger partial charge is 0.321 e. The van der Waals surface area contributed by atoms with Crippen LogP contribution in [0.3, 0.4) is 0 Å². The number of carboxylic acid groups (broad SMARTS) is 4. The van der Waals surface area contributed by atoms with Gasteiger partial charge in [0.25, 0.3) is 0 Å². The number of hydrogen-bond acceptors (Lipinski definition) is 6. The molecule has 114 valence electrons. The van der Waals surface area contributed by atoms with Gasteiger partial charge in [-0.15, -0.1) is 0 Å². The van der Waals surface area contributed by atoms with Crippen molar-refractivity contribution >= 4 is 23.9 Å². The molecule has 10 heteroatoms. The zero-order valence-electron chi connectivity index (χ0n) is 10.4. The molecule has 0 aromatic rings. The Kier molecular flexibility index (Phi) is 7.85. The number of carbonyl (C=O) groups is 4. The number of nitrogens with one attached hydrogen (secondary N) is 2. The second kappa shape index (κ2) is 8.82. The molecule has 0 spiro atoms. The van der Waals surface area contributed by atoms with E-state index in [4.69, 9.17) is 20.4 Å². The molecule has 0 aliphatic carbocycles. The van der Waals surface area contributed by atoms with E-state index in [0.29, 0.717) is 0 Å². The van der Waals surface area contributed by atoms with E-state index in [0.717, 1.165) is 0 Å². The van der Waals surface area contributed by atoms with Crippen molar-refractivity contribution in [3.8, 4) is 0 Å².